The highest BCUT2D eigenvalue weighted by atomic mass is 16.5. The van der Waals surface area contributed by atoms with Crippen LogP contribution in [0.3, 0.4) is 0 Å². The molecule has 0 spiro atoms. The summed E-state index contributed by atoms with van der Waals surface area (Å²) in [6, 6.07) is 18.7. The van der Waals surface area contributed by atoms with E-state index in [1.807, 2.05) is 47.0 Å². The minimum Gasteiger partial charge on any atom is -0.492 e. The van der Waals surface area contributed by atoms with E-state index in [-0.39, 0.29) is 6.04 Å². The molecule has 2 atom stereocenters. The summed E-state index contributed by atoms with van der Waals surface area (Å²) in [5.74, 6) is 2.19. The Hall–Kier alpha value is -3.45. The van der Waals surface area contributed by atoms with Gasteiger partial charge in [0.1, 0.15) is 24.5 Å². The van der Waals surface area contributed by atoms with Gasteiger partial charge in [0.05, 0.1) is 17.1 Å². The van der Waals surface area contributed by atoms with Crippen molar-refractivity contribution in [2.45, 2.75) is 31.8 Å². The SMILES string of the molecule is CC(Nc1nccc(-n2cnc3cc(OCC4CCCN4)ccc32)n1)c1ccccc1. The number of hydrogen-bond acceptors (Lipinski definition) is 6. The molecule has 1 aliphatic heterocycles. The van der Waals surface area contributed by atoms with Gasteiger partial charge >= 0.3 is 0 Å². The summed E-state index contributed by atoms with van der Waals surface area (Å²) in [5, 5.41) is 6.83. The number of rotatable bonds is 7. The monoisotopic (exact) mass is 414 g/mol. The fraction of sp³-hybridized carbons (Fsp3) is 0.292. The maximum absolute atomic E-state index is 5.97. The van der Waals surface area contributed by atoms with E-state index in [9.17, 15) is 0 Å². The molecule has 7 heteroatoms. The molecule has 0 amide bonds. The fourth-order valence-electron chi connectivity index (χ4n) is 3.93. The van der Waals surface area contributed by atoms with E-state index in [0.717, 1.165) is 29.1 Å². The van der Waals surface area contributed by atoms with Crippen molar-refractivity contribution in [3.63, 3.8) is 0 Å². The number of nitrogens with zero attached hydrogens (tertiary/aromatic N) is 4. The highest BCUT2D eigenvalue weighted by molar-refractivity contribution is 5.78. The second-order valence-electron chi connectivity index (χ2n) is 7.88. The smallest absolute Gasteiger partial charge is 0.225 e. The molecule has 2 aromatic heterocycles. The van der Waals surface area contributed by atoms with Gasteiger partial charge in [-0.1, -0.05) is 30.3 Å². The molecular weight excluding hydrogens is 388 g/mol. The first-order chi connectivity index (χ1) is 15.3. The summed E-state index contributed by atoms with van der Waals surface area (Å²) in [4.78, 5) is 13.7. The third-order valence-electron chi connectivity index (χ3n) is 5.67. The first kappa shape index (κ1) is 19.5. The van der Waals surface area contributed by atoms with E-state index in [2.05, 4.69) is 39.7 Å². The number of anilines is 1. The predicted octanol–water partition coefficient (Wildman–Crippen LogP) is 4.12. The van der Waals surface area contributed by atoms with Crippen LogP contribution in [0.5, 0.6) is 5.75 Å². The van der Waals surface area contributed by atoms with Crippen LogP contribution in [0.4, 0.5) is 5.95 Å². The van der Waals surface area contributed by atoms with Gasteiger partial charge in [0.25, 0.3) is 0 Å². The molecule has 7 nitrogen and oxygen atoms in total. The molecule has 1 saturated heterocycles. The standard InChI is InChI=1S/C24H26N6O/c1-17(18-6-3-2-4-7-18)28-24-26-13-11-23(29-24)30-16-27-21-14-20(9-10-22(21)30)31-15-19-8-5-12-25-19/h2-4,6-7,9-11,13-14,16-17,19,25H,5,8,12,15H2,1H3,(H,26,28,29). The van der Waals surface area contributed by atoms with Crippen molar-refractivity contribution in [1.82, 2.24) is 24.8 Å². The molecule has 0 saturated carbocycles. The van der Waals surface area contributed by atoms with Crippen LogP contribution in [-0.2, 0) is 0 Å². The van der Waals surface area contributed by atoms with E-state index in [1.54, 1.807) is 12.5 Å². The Balaban J connectivity index is 1.33. The molecule has 5 rings (SSSR count). The summed E-state index contributed by atoms with van der Waals surface area (Å²) >= 11 is 0. The zero-order valence-corrected chi connectivity index (χ0v) is 17.5. The molecule has 1 fully saturated rings. The van der Waals surface area contributed by atoms with Gasteiger partial charge in [0.2, 0.25) is 5.95 Å². The highest BCUT2D eigenvalue weighted by Crippen LogP contribution is 2.23. The third-order valence-corrected chi connectivity index (χ3v) is 5.67. The molecular formula is C24H26N6O. The predicted molar refractivity (Wildman–Crippen MR) is 122 cm³/mol. The minimum absolute atomic E-state index is 0.102. The Morgan fingerprint density at radius 1 is 1.16 bits per heavy atom. The van der Waals surface area contributed by atoms with Gasteiger partial charge in [-0.3, -0.25) is 4.57 Å². The molecule has 0 aliphatic carbocycles. The number of benzene rings is 2. The summed E-state index contributed by atoms with van der Waals surface area (Å²) in [5.41, 5.74) is 3.04. The van der Waals surface area contributed by atoms with Gasteiger partial charge in [-0.15, -0.1) is 0 Å². The van der Waals surface area contributed by atoms with Crippen LogP contribution in [0.25, 0.3) is 16.9 Å². The first-order valence-electron chi connectivity index (χ1n) is 10.7. The van der Waals surface area contributed by atoms with Crippen LogP contribution >= 0.6 is 0 Å². The summed E-state index contributed by atoms with van der Waals surface area (Å²) in [7, 11) is 0. The number of ether oxygens (including phenoxy) is 1. The van der Waals surface area contributed by atoms with Crippen LogP contribution in [0.1, 0.15) is 31.4 Å². The number of aromatic nitrogens is 4. The van der Waals surface area contributed by atoms with Gasteiger partial charge < -0.3 is 15.4 Å². The normalized spacial score (nSPS) is 17.0. The van der Waals surface area contributed by atoms with Crippen LogP contribution in [-0.4, -0.2) is 38.7 Å². The largest absolute Gasteiger partial charge is 0.492 e. The molecule has 158 valence electrons. The van der Waals surface area contributed by atoms with Crippen LogP contribution in [0.2, 0.25) is 0 Å². The molecule has 2 N–H and O–H groups in total. The number of fused-ring (bicyclic) bond motifs is 1. The number of nitrogens with one attached hydrogen (secondary N) is 2. The van der Waals surface area contributed by atoms with Crippen LogP contribution in [0.15, 0.2) is 67.1 Å². The highest BCUT2D eigenvalue weighted by Gasteiger charge is 2.15. The quantitative estimate of drug-likeness (QED) is 0.474. The van der Waals surface area contributed by atoms with E-state index in [0.29, 0.717) is 18.6 Å². The molecule has 1 aliphatic rings. The van der Waals surface area contributed by atoms with Crippen molar-refractivity contribution < 1.29 is 4.74 Å². The molecule has 4 aromatic rings. The van der Waals surface area contributed by atoms with Crippen molar-refractivity contribution in [3.8, 4) is 11.6 Å². The first-order valence-corrected chi connectivity index (χ1v) is 10.7. The maximum Gasteiger partial charge on any atom is 0.225 e. The van der Waals surface area contributed by atoms with Gasteiger partial charge in [-0.2, -0.15) is 4.98 Å². The lowest BCUT2D eigenvalue weighted by Crippen LogP contribution is -2.28. The minimum atomic E-state index is 0.102. The zero-order valence-electron chi connectivity index (χ0n) is 17.5. The topological polar surface area (TPSA) is 76.9 Å². The van der Waals surface area contributed by atoms with Gasteiger partial charge in [0, 0.05) is 18.3 Å². The second-order valence-corrected chi connectivity index (χ2v) is 7.88. The van der Waals surface area contributed by atoms with Gasteiger partial charge in [0.15, 0.2) is 0 Å². The van der Waals surface area contributed by atoms with Crippen molar-refractivity contribution in [2.24, 2.45) is 0 Å². The maximum atomic E-state index is 5.97. The molecule has 31 heavy (non-hydrogen) atoms. The van der Waals surface area contributed by atoms with Gasteiger partial charge in [-0.05, 0) is 50.1 Å². The Morgan fingerprint density at radius 3 is 2.90 bits per heavy atom. The Morgan fingerprint density at radius 2 is 2.06 bits per heavy atom. The summed E-state index contributed by atoms with van der Waals surface area (Å²) in [6.07, 6.45) is 5.95. The van der Waals surface area contributed by atoms with E-state index in [1.165, 1.54) is 18.4 Å². The van der Waals surface area contributed by atoms with Crippen LogP contribution in [0, 0.1) is 0 Å². The van der Waals surface area contributed by atoms with Gasteiger partial charge in [-0.25, -0.2) is 9.97 Å². The molecule has 3 heterocycles. The van der Waals surface area contributed by atoms with E-state index in [4.69, 9.17) is 9.72 Å². The fourth-order valence-corrected chi connectivity index (χ4v) is 3.93. The lowest BCUT2D eigenvalue weighted by molar-refractivity contribution is 0.277. The molecule has 2 aromatic carbocycles. The molecule has 0 bridgehead atoms. The zero-order chi connectivity index (χ0) is 21.0. The number of imidazole rings is 1. The lowest BCUT2D eigenvalue weighted by atomic mass is 10.1. The summed E-state index contributed by atoms with van der Waals surface area (Å²) < 4.78 is 7.94. The van der Waals surface area contributed by atoms with Crippen molar-refractivity contribution >= 4 is 17.0 Å². The van der Waals surface area contributed by atoms with Crippen molar-refractivity contribution in [2.75, 3.05) is 18.5 Å². The molecule has 2 unspecified atom stereocenters. The summed E-state index contributed by atoms with van der Waals surface area (Å²) in [6.45, 7) is 3.87. The Kier molecular flexibility index (Phi) is 5.50. The Bertz CT molecular complexity index is 1150. The Labute approximate surface area is 181 Å². The van der Waals surface area contributed by atoms with E-state index < -0.39 is 0 Å². The van der Waals surface area contributed by atoms with Crippen molar-refractivity contribution in [1.29, 1.82) is 0 Å². The molecule has 0 radical (unpaired) electrons. The third kappa shape index (κ3) is 4.36. The second kappa shape index (κ2) is 8.73. The van der Waals surface area contributed by atoms with E-state index >= 15 is 0 Å². The number of hydrogen-bond donors (Lipinski definition) is 2. The lowest BCUT2D eigenvalue weighted by Gasteiger charge is -2.15. The average Bonchev–Trinajstić information content (AvgIpc) is 3.48. The van der Waals surface area contributed by atoms with Crippen molar-refractivity contribution in [3.05, 3.63) is 72.7 Å². The van der Waals surface area contributed by atoms with Crippen LogP contribution < -0.4 is 15.4 Å². The average molecular weight is 415 g/mol.